The van der Waals surface area contributed by atoms with Crippen LogP contribution in [0.1, 0.15) is 6.93 Å². The molecule has 4 rings (SSSR count). The molecule has 1 aromatic heterocycles. The SMILES string of the molecule is [2H]c1ccc2c(ccc3cc(-c4cc(C#N)ccn4)ccc32)c1. The van der Waals surface area contributed by atoms with Crippen molar-refractivity contribution in [3.63, 3.8) is 0 Å². The van der Waals surface area contributed by atoms with Crippen molar-refractivity contribution in [3.8, 4) is 17.3 Å². The van der Waals surface area contributed by atoms with Gasteiger partial charge in [-0.05, 0) is 39.7 Å². The van der Waals surface area contributed by atoms with Crippen molar-refractivity contribution in [1.29, 1.82) is 5.26 Å². The second-order valence-corrected chi connectivity index (χ2v) is 5.19. The van der Waals surface area contributed by atoms with Crippen LogP contribution in [0.15, 0.2) is 72.9 Å². The Hall–Kier alpha value is -3.18. The third kappa shape index (κ3) is 2.01. The van der Waals surface area contributed by atoms with Crippen LogP contribution in [0.2, 0.25) is 0 Å². The van der Waals surface area contributed by atoms with E-state index in [-0.39, 0.29) is 0 Å². The summed E-state index contributed by atoms with van der Waals surface area (Å²) in [6.07, 6.45) is 1.66. The molecular formula is C20H12N2. The smallest absolute Gasteiger partial charge is 0.0992 e. The molecule has 0 spiro atoms. The first-order valence-corrected chi connectivity index (χ1v) is 7.04. The minimum Gasteiger partial charge on any atom is -0.256 e. The fourth-order valence-electron chi connectivity index (χ4n) is 2.77. The molecule has 0 aliphatic carbocycles. The lowest BCUT2D eigenvalue weighted by molar-refractivity contribution is 1.31. The van der Waals surface area contributed by atoms with Gasteiger partial charge in [0.2, 0.25) is 0 Å². The van der Waals surface area contributed by atoms with E-state index in [4.69, 9.17) is 6.63 Å². The molecule has 2 heteroatoms. The molecule has 0 aliphatic rings. The molecule has 102 valence electrons. The Kier molecular flexibility index (Phi) is 2.60. The molecule has 0 atom stereocenters. The molecule has 0 radical (unpaired) electrons. The molecule has 1 heterocycles. The maximum Gasteiger partial charge on any atom is 0.0992 e. The summed E-state index contributed by atoms with van der Waals surface area (Å²) in [5, 5.41) is 13.5. The van der Waals surface area contributed by atoms with Crippen LogP contribution in [0.4, 0.5) is 0 Å². The molecule has 3 aromatic carbocycles. The van der Waals surface area contributed by atoms with Crippen LogP contribution in [-0.4, -0.2) is 4.98 Å². The number of hydrogen-bond donors (Lipinski definition) is 0. The number of nitriles is 1. The highest BCUT2D eigenvalue weighted by atomic mass is 14.7. The van der Waals surface area contributed by atoms with Gasteiger partial charge in [-0.25, -0.2) is 0 Å². The van der Waals surface area contributed by atoms with E-state index in [1.54, 1.807) is 18.3 Å². The van der Waals surface area contributed by atoms with E-state index in [2.05, 4.69) is 29.3 Å². The number of hydrogen-bond acceptors (Lipinski definition) is 2. The highest BCUT2D eigenvalue weighted by molar-refractivity contribution is 6.08. The molecule has 0 bridgehead atoms. The van der Waals surface area contributed by atoms with Gasteiger partial charge in [0.05, 0.1) is 18.7 Å². The zero-order valence-electron chi connectivity index (χ0n) is 12.7. The van der Waals surface area contributed by atoms with Crippen LogP contribution in [0.3, 0.4) is 0 Å². The maximum atomic E-state index is 9.03. The summed E-state index contributed by atoms with van der Waals surface area (Å²) in [7, 11) is 0. The van der Waals surface area contributed by atoms with E-state index in [1.807, 2.05) is 30.3 Å². The average molecular weight is 281 g/mol. The van der Waals surface area contributed by atoms with Gasteiger partial charge in [0.1, 0.15) is 0 Å². The van der Waals surface area contributed by atoms with E-state index < -0.39 is 0 Å². The second-order valence-electron chi connectivity index (χ2n) is 5.19. The standard InChI is InChI=1S/C20H12N2/c21-13-14-9-10-22-20(11-14)17-7-8-19-16(12-17)6-5-15-3-1-2-4-18(15)19/h1-12H/i1D. The highest BCUT2D eigenvalue weighted by Crippen LogP contribution is 2.29. The molecule has 0 aliphatic heterocycles. The van der Waals surface area contributed by atoms with Crippen LogP contribution in [-0.2, 0) is 0 Å². The van der Waals surface area contributed by atoms with Gasteiger partial charge in [-0.3, -0.25) is 4.98 Å². The molecule has 2 nitrogen and oxygen atoms in total. The van der Waals surface area contributed by atoms with Crippen LogP contribution in [0.25, 0.3) is 32.8 Å². The average Bonchev–Trinajstić information content (AvgIpc) is 2.61. The summed E-state index contributed by atoms with van der Waals surface area (Å²) < 4.78 is 7.74. The monoisotopic (exact) mass is 281 g/mol. The first-order chi connectivity index (χ1) is 11.2. The number of fused-ring (bicyclic) bond motifs is 3. The zero-order chi connectivity index (χ0) is 15.8. The topological polar surface area (TPSA) is 36.7 Å². The summed E-state index contributed by atoms with van der Waals surface area (Å²) >= 11 is 0. The fraction of sp³-hybridized carbons (Fsp3) is 0. The van der Waals surface area contributed by atoms with Crippen LogP contribution in [0, 0.1) is 11.3 Å². The Morgan fingerprint density at radius 3 is 2.68 bits per heavy atom. The lowest BCUT2D eigenvalue weighted by Crippen LogP contribution is -1.86. The maximum absolute atomic E-state index is 9.03. The second kappa shape index (κ2) is 4.98. The fourth-order valence-corrected chi connectivity index (χ4v) is 2.77. The Bertz CT molecular complexity index is 1090. The van der Waals surface area contributed by atoms with Crippen LogP contribution in [0.5, 0.6) is 0 Å². The Labute approximate surface area is 129 Å². The van der Waals surface area contributed by atoms with E-state index >= 15 is 0 Å². The van der Waals surface area contributed by atoms with Crippen molar-refractivity contribution in [1.82, 2.24) is 4.98 Å². The Morgan fingerprint density at radius 1 is 0.909 bits per heavy atom. The molecular weight excluding hydrogens is 268 g/mol. The molecule has 0 unspecified atom stereocenters. The van der Waals surface area contributed by atoms with Crippen LogP contribution < -0.4 is 0 Å². The minimum atomic E-state index is 0.519. The Morgan fingerprint density at radius 2 is 1.77 bits per heavy atom. The molecule has 0 saturated carbocycles. The quantitative estimate of drug-likeness (QED) is 0.464. The van der Waals surface area contributed by atoms with E-state index in [0.29, 0.717) is 11.6 Å². The predicted molar refractivity (Wildman–Crippen MR) is 89.4 cm³/mol. The van der Waals surface area contributed by atoms with Gasteiger partial charge in [-0.1, -0.05) is 48.5 Å². The predicted octanol–water partition coefficient (Wildman–Crippen LogP) is 4.93. The number of benzene rings is 3. The summed E-state index contributed by atoms with van der Waals surface area (Å²) in [5.74, 6) is 0. The molecule has 0 saturated heterocycles. The van der Waals surface area contributed by atoms with Gasteiger partial charge in [-0.2, -0.15) is 5.26 Å². The number of pyridine rings is 1. The third-order valence-corrected chi connectivity index (χ3v) is 3.87. The normalized spacial score (nSPS) is 11.3. The van der Waals surface area contributed by atoms with Gasteiger partial charge >= 0.3 is 0 Å². The largest absolute Gasteiger partial charge is 0.256 e. The number of rotatable bonds is 1. The van der Waals surface area contributed by atoms with Crippen molar-refractivity contribution < 1.29 is 1.37 Å². The van der Waals surface area contributed by atoms with E-state index in [0.717, 1.165) is 32.8 Å². The molecule has 0 N–H and O–H groups in total. The minimum absolute atomic E-state index is 0.519. The van der Waals surface area contributed by atoms with Crippen molar-refractivity contribution >= 4 is 21.5 Å². The zero-order valence-corrected chi connectivity index (χ0v) is 11.7. The summed E-state index contributed by atoms with van der Waals surface area (Å²) in [6.45, 7) is 0. The summed E-state index contributed by atoms with van der Waals surface area (Å²) in [4.78, 5) is 4.36. The number of nitrogens with zero attached hydrogens (tertiary/aromatic N) is 2. The van der Waals surface area contributed by atoms with Gasteiger partial charge in [0.25, 0.3) is 0 Å². The van der Waals surface area contributed by atoms with Crippen molar-refractivity contribution in [3.05, 3.63) is 78.5 Å². The van der Waals surface area contributed by atoms with Gasteiger partial charge in [0, 0.05) is 11.8 Å². The van der Waals surface area contributed by atoms with Gasteiger partial charge in [0.15, 0.2) is 0 Å². The molecule has 4 aromatic rings. The summed E-state index contributed by atoms with van der Waals surface area (Å²) in [6, 6.07) is 22.2. The van der Waals surface area contributed by atoms with Crippen LogP contribution >= 0.6 is 0 Å². The molecule has 0 amide bonds. The highest BCUT2D eigenvalue weighted by Gasteiger charge is 2.04. The third-order valence-electron chi connectivity index (χ3n) is 3.87. The lowest BCUT2D eigenvalue weighted by Gasteiger charge is -2.07. The van der Waals surface area contributed by atoms with E-state index in [1.165, 1.54) is 0 Å². The van der Waals surface area contributed by atoms with Crippen molar-refractivity contribution in [2.75, 3.05) is 0 Å². The number of aromatic nitrogens is 1. The molecule has 0 fully saturated rings. The Balaban J connectivity index is 1.93. The summed E-state index contributed by atoms with van der Waals surface area (Å²) in [5.41, 5.74) is 2.40. The van der Waals surface area contributed by atoms with E-state index in [9.17, 15) is 0 Å². The van der Waals surface area contributed by atoms with Gasteiger partial charge < -0.3 is 0 Å². The lowest BCUT2D eigenvalue weighted by atomic mass is 9.99. The van der Waals surface area contributed by atoms with Crippen molar-refractivity contribution in [2.24, 2.45) is 0 Å². The molecule has 22 heavy (non-hydrogen) atoms. The van der Waals surface area contributed by atoms with Gasteiger partial charge in [-0.15, -0.1) is 0 Å². The first-order valence-electron chi connectivity index (χ1n) is 7.54. The first kappa shape index (κ1) is 11.5. The van der Waals surface area contributed by atoms with Crippen molar-refractivity contribution in [2.45, 2.75) is 0 Å².